The maximum absolute atomic E-state index is 12.4. The van der Waals surface area contributed by atoms with Gasteiger partial charge in [0.25, 0.3) is 5.91 Å². The van der Waals surface area contributed by atoms with E-state index < -0.39 is 5.97 Å². The Kier molecular flexibility index (Phi) is 5.93. The molecule has 2 rings (SSSR count). The number of hydrogen-bond acceptors (Lipinski definition) is 4. The van der Waals surface area contributed by atoms with Gasteiger partial charge in [-0.2, -0.15) is 0 Å². The second-order valence-corrected chi connectivity index (χ2v) is 6.18. The van der Waals surface area contributed by atoms with E-state index in [4.69, 9.17) is 23.2 Å². The minimum atomic E-state index is -0.575. The Hall–Kier alpha value is -1.69. The summed E-state index contributed by atoms with van der Waals surface area (Å²) in [7, 11) is 1.26. The first-order chi connectivity index (χ1) is 11.0. The van der Waals surface area contributed by atoms with Crippen molar-refractivity contribution in [1.82, 2.24) is 0 Å². The Bertz CT molecular complexity index is 765. The molecule has 0 aromatic heterocycles. The van der Waals surface area contributed by atoms with Crippen LogP contribution in [0.5, 0.6) is 0 Å². The van der Waals surface area contributed by atoms with Crippen LogP contribution in [0, 0.1) is 0 Å². The number of benzene rings is 2. The number of ether oxygens (including phenoxy) is 1. The zero-order valence-electron chi connectivity index (χ0n) is 12.4. The fraction of sp³-hybridized carbons (Fsp3) is 0.125. The summed E-state index contributed by atoms with van der Waals surface area (Å²) in [5.74, 6) is -0.947. The van der Waals surface area contributed by atoms with E-state index in [0.29, 0.717) is 16.3 Å². The Morgan fingerprint density at radius 1 is 1.04 bits per heavy atom. The van der Waals surface area contributed by atoms with E-state index >= 15 is 0 Å². The molecule has 0 aliphatic carbocycles. The van der Waals surface area contributed by atoms with E-state index in [0.717, 1.165) is 4.90 Å². The lowest BCUT2D eigenvalue weighted by Gasteiger charge is -2.10. The number of halogens is 2. The first-order valence-corrected chi connectivity index (χ1v) is 8.47. The van der Waals surface area contributed by atoms with Crippen LogP contribution in [0.2, 0.25) is 10.0 Å². The average molecular weight is 370 g/mol. The Balaban J connectivity index is 2.29. The first-order valence-electron chi connectivity index (χ1n) is 6.49. The smallest absolute Gasteiger partial charge is 0.339 e. The van der Waals surface area contributed by atoms with Gasteiger partial charge in [0, 0.05) is 10.6 Å². The lowest BCUT2D eigenvalue weighted by atomic mass is 10.1. The molecule has 2 aromatic rings. The molecule has 1 amide bonds. The molecule has 0 heterocycles. The number of nitrogens with one attached hydrogen (secondary N) is 1. The van der Waals surface area contributed by atoms with Gasteiger partial charge in [-0.05, 0) is 42.7 Å². The molecule has 0 fully saturated rings. The fourth-order valence-electron chi connectivity index (χ4n) is 1.87. The van der Waals surface area contributed by atoms with Crippen LogP contribution in [0.25, 0.3) is 0 Å². The van der Waals surface area contributed by atoms with Crippen molar-refractivity contribution < 1.29 is 14.3 Å². The number of carbonyl (C=O) groups is 2. The van der Waals surface area contributed by atoms with Gasteiger partial charge >= 0.3 is 5.97 Å². The minimum Gasteiger partial charge on any atom is -0.465 e. The van der Waals surface area contributed by atoms with E-state index in [1.165, 1.54) is 31.0 Å². The lowest BCUT2D eigenvalue weighted by molar-refractivity contribution is 0.0600. The summed E-state index contributed by atoms with van der Waals surface area (Å²) in [6.07, 6.45) is 1.91. The van der Waals surface area contributed by atoms with Gasteiger partial charge in [-0.15, -0.1) is 11.8 Å². The Morgan fingerprint density at radius 2 is 1.70 bits per heavy atom. The second-order valence-electron chi connectivity index (χ2n) is 4.49. The molecule has 0 spiro atoms. The molecule has 0 radical (unpaired) electrons. The van der Waals surface area contributed by atoms with E-state index in [-0.39, 0.29) is 16.5 Å². The zero-order valence-corrected chi connectivity index (χ0v) is 14.7. The highest BCUT2D eigenvalue weighted by molar-refractivity contribution is 7.98. The molecular weight excluding hydrogens is 357 g/mol. The van der Waals surface area contributed by atoms with Crippen molar-refractivity contribution in [2.45, 2.75) is 4.90 Å². The number of amides is 1. The molecule has 4 nitrogen and oxygen atoms in total. The van der Waals surface area contributed by atoms with Crippen molar-refractivity contribution in [1.29, 1.82) is 0 Å². The van der Waals surface area contributed by atoms with E-state index in [9.17, 15) is 9.59 Å². The van der Waals surface area contributed by atoms with Crippen LogP contribution in [-0.4, -0.2) is 25.2 Å². The van der Waals surface area contributed by atoms with Crippen molar-refractivity contribution in [2.24, 2.45) is 0 Å². The predicted molar refractivity (Wildman–Crippen MR) is 94.0 cm³/mol. The van der Waals surface area contributed by atoms with E-state index in [1.54, 1.807) is 18.2 Å². The quantitative estimate of drug-likeness (QED) is 0.623. The maximum atomic E-state index is 12.4. The molecule has 23 heavy (non-hydrogen) atoms. The lowest BCUT2D eigenvalue weighted by Crippen LogP contribution is -2.13. The van der Waals surface area contributed by atoms with Crippen molar-refractivity contribution in [3.8, 4) is 0 Å². The van der Waals surface area contributed by atoms with E-state index in [2.05, 4.69) is 10.1 Å². The largest absolute Gasteiger partial charge is 0.465 e. The highest BCUT2D eigenvalue weighted by atomic mass is 35.5. The summed E-state index contributed by atoms with van der Waals surface area (Å²) >= 11 is 13.5. The van der Waals surface area contributed by atoms with Crippen molar-refractivity contribution in [3.63, 3.8) is 0 Å². The normalized spacial score (nSPS) is 10.3. The number of hydrogen-bond donors (Lipinski definition) is 1. The number of methoxy groups -OCH3 is 1. The third kappa shape index (κ3) is 4.19. The average Bonchev–Trinajstić information content (AvgIpc) is 2.56. The topological polar surface area (TPSA) is 55.4 Å². The molecule has 0 bridgehead atoms. The summed E-state index contributed by atoms with van der Waals surface area (Å²) in [4.78, 5) is 24.9. The molecular formula is C16H13Cl2NO3S. The number of rotatable bonds is 4. The van der Waals surface area contributed by atoms with Crippen LogP contribution < -0.4 is 5.32 Å². The zero-order chi connectivity index (χ0) is 17.0. The van der Waals surface area contributed by atoms with Gasteiger partial charge in [0.05, 0.1) is 28.3 Å². The molecule has 120 valence electrons. The highest BCUT2D eigenvalue weighted by Gasteiger charge is 2.15. The maximum Gasteiger partial charge on any atom is 0.339 e. The van der Waals surface area contributed by atoms with Gasteiger partial charge in [0.2, 0.25) is 0 Å². The van der Waals surface area contributed by atoms with Gasteiger partial charge in [0.15, 0.2) is 0 Å². The number of thioether (sulfide) groups is 1. The molecule has 0 saturated carbocycles. The number of esters is 1. The third-order valence-electron chi connectivity index (χ3n) is 3.05. The van der Waals surface area contributed by atoms with Crippen LogP contribution in [0.1, 0.15) is 20.7 Å². The van der Waals surface area contributed by atoms with Gasteiger partial charge in [0.1, 0.15) is 0 Å². The Morgan fingerprint density at radius 3 is 2.35 bits per heavy atom. The molecule has 2 aromatic carbocycles. The minimum absolute atomic E-state index is 0.177. The van der Waals surface area contributed by atoms with Crippen molar-refractivity contribution >= 4 is 52.5 Å². The summed E-state index contributed by atoms with van der Waals surface area (Å²) in [6, 6.07) is 9.78. The van der Waals surface area contributed by atoms with Crippen molar-refractivity contribution in [3.05, 3.63) is 57.6 Å². The molecule has 0 aliphatic rings. The first kappa shape index (κ1) is 17.7. The van der Waals surface area contributed by atoms with E-state index in [1.807, 2.05) is 12.3 Å². The van der Waals surface area contributed by atoms with Gasteiger partial charge < -0.3 is 10.1 Å². The number of anilines is 1. The Labute approximate surface area is 148 Å². The molecule has 0 aliphatic heterocycles. The third-order valence-corrected chi connectivity index (χ3v) is 4.43. The molecule has 7 heteroatoms. The van der Waals surface area contributed by atoms with Crippen LogP contribution in [-0.2, 0) is 4.74 Å². The summed E-state index contributed by atoms with van der Waals surface area (Å²) in [5, 5.41) is 3.29. The predicted octanol–water partition coefficient (Wildman–Crippen LogP) is 4.75. The standard InChI is InChI=1S/C16H13Cl2NO3S/c1-22-16(21)12-7-9(3-5-14(12)18)19-15(20)11-8-10(23-2)4-6-13(11)17/h3-8H,1-2H3,(H,19,20). The van der Waals surface area contributed by atoms with Crippen LogP contribution >= 0.6 is 35.0 Å². The molecule has 0 unspecified atom stereocenters. The van der Waals surface area contributed by atoms with Crippen LogP contribution in [0.3, 0.4) is 0 Å². The van der Waals surface area contributed by atoms with Crippen LogP contribution in [0.4, 0.5) is 5.69 Å². The summed E-state index contributed by atoms with van der Waals surface area (Å²) in [5.41, 5.74) is 0.953. The highest BCUT2D eigenvalue weighted by Crippen LogP contribution is 2.25. The van der Waals surface area contributed by atoms with Gasteiger partial charge in [-0.25, -0.2) is 4.79 Å². The second kappa shape index (κ2) is 7.73. The monoisotopic (exact) mass is 369 g/mol. The summed E-state index contributed by atoms with van der Waals surface area (Å²) < 4.78 is 4.65. The molecule has 0 saturated heterocycles. The fourth-order valence-corrected chi connectivity index (χ4v) is 2.71. The van der Waals surface area contributed by atoms with Crippen LogP contribution in [0.15, 0.2) is 41.3 Å². The van der Waals surface area contributed by atoms with Crippen molar-refractivity contribution in [2.75, 3.05) is 18.7 Å². The van der Waals surface area contributed by atoms with Gasteiger partial charge in [-0.1, -0.05) is 23.2 Å². The van der Waals surface area contributed by atoms with Gasteiger partial charge in [-0.3, -0.25) is 4.79 Å². The molecule has 1 N–H and O–H groups in total. The summed E-state index contributed by atoms with van der Waals surface area (Å²) in [6.45, 7) is 0. The number of carbonyl (C=O) groups excluding carboxylic acids is 2. The SMILES string of the molecule is COC(=O)c1cc(NC(=O)c2cc(SC)ccc2Cl)ccc1Cl. The molecule has 0 atom stereocenters.